The van der Waals surface area contributed by atoms with Gasteiger partial charge in [0.2, 0.25) is 0 Å². The minimum absolute atomic E-state index is 0.0410. The van der Waals surface area contributed by atoms with Gasteiger partial charge in [0.15, 0.2) is 5.65 Å². The topological polar surface area (TPSA) is 110 Å². The molecular formula is C26H27N7O3. The molecule has 4 aromatic rings. The molecule has 5 rings (SSSR count). The van der Waals surface area contributed by atoms with Gasteiger partial charge in [0.1, 0.15) is 12.0 Å². The first-order valence-electron chi connectivity index (χ1n) is 11.9. The number of piperazine rings is 1. The summed E-state index contributed by atoms with van der Waals surface area (Å²) in [6.07, 6.45) is 2.99. The number of fused-ring (bicyclic) bond motifs is 1. The molecule has 1 fully saturated rings. The first-order chi connectivity index (χ1) is 17.3. The lowest BCUT2D eigenvalue weighted by Crippen LogP contribution is -2.49. The molecule has 0 radical (unpaired) electrons. The van der Waals surface area contributed by atoms with Crippen LogP contribution >= 0.6 is 0 Å². The summed E-state index contributed by atoms with van der Waals surface area (Å²) in [7, 11) is 0. The van der Waals surface area contributed by atoms with E-state index in [2.05, 4.69) is 10.1 Å². The third-order valence-electron chi connectivity index (χ3n) is 6.54. The van der Waals surface area contributed by atoms with Gasteiger partial charge in [-0.15, -0.1) is 0 Å². The molecule has 1 aliphatic rings. The Morgan fingerprint density at radius 3 is 2.44 bits per heavy atom. The Bertz CT molecular complexity index is 1440. The largest absolute Gasteiger partial charge is 0.353 e. The number of aromatic nitrogens is 4. The lowest BCUT2D eigenvalue weighted by Gasteiger charge is -2.35. The molecule has 0 atom stereocenters. The van der Waals surface area contributed by atoms with Gasteiger partial charge in [-0.3, -0.25) is 14.9 Å². The predicted molar refractivity (Wildman–Crippen MR) is 137 cm³/mol. The van der Waals surface area contributed by atoms with E-state index in [4.69, 9.17) is 4.98 Å². The van der Waals surface area contributed by atoms with E-state index in [1.165, 1.54) is 12.3 Å². The van der Waals surface area contributed by atoms with E-state index >= 15 is 0 Å². The minimum Gasteiger partial charge on any atom is -0.353 e. The SMILES string of the molecule is Cc1ccccc1-c1cc(C(=O)N2CCN(c3ccc([N+](=O)[O-])cn3)CC2)c2cnn(C(C)C)c2n1. The monoisotopic (exact) mass is 485 g/mol. The zero-order valence-electron chi connectivity index (χ0n) is 20.5. The maximum absolute atomic E-state index is 13.8. The number of anilines is 1. The van der Waals surface area contributed by atoms with Gasteiger partial charge in [-0.1, -0.05) is 24.3 Å². The third-order valence-corrected chi connectivity index (χ3v) is 6.54. The summed E-state index contributed by atoms with van der Waals surface area (Å²) in [6, 6.07) is 13.1. The number of pyridine rings is 2. The van der Waals surface area contributed by atoms with E-state index < -0.39 is 4.92 Å². The van der Waals surface area contributed by atoms with Crippen molar-refractivity contribution in [2.45, 2.75) is 26.8 Å². The van der Waals surface area contributed by atoms with Gasteiger partial charge in [-0.2, -0.15) is 5.10 Å². The molecule has 0 spiro atoms. The van der Waals surface area contributed by atoms with Crippen molar-refractivity contribution in [2.24, 2.45) is 0 Å². The number of amides is 1. The van der Waals surface area contributed by atoms with Gasteiger partial charge >= 0.3 is 0 Å². The highest BCUT2D eigenvalue weighted by molar-refractivity contribution is 6.06. The Kier molecular flexibility index (Phi) is 6.09. The van der Waals surface area contributed by atoms with E-state index in [0.717, 1.165) is 22.2 Å². The van der Waals surface area contributed by atoms with Crippen molar-refractivity contribution in [1.29, 1.82) is 0 Å². The normalized spacial score (nSPS) is 14.0. The molecular weight excluding hydrogens is 458 g/mol. The molecule has 36 heavy (non-hydrogen) atoms. The highest BCUT2D eigenvalue weighted by Gasteiger charge is 2.26. The Balaban J connectivity index is 1.44. The van der Waals surface area contributed by atoms with Gasteiger partial charge in [0, 0.05) is 43.9 Å². The van der Waals surface area contributed by atoms with E-state index in [1.54, 1.807) is 12.3 Å². The van der Waals surface area contributed by atoms with Crippen LogP contribution in [-0.4, -0.2) is 61.7 Å². The molecule has 0 aliphatic carbocycles. The fourth-order valence-electron chi connectivity index (χ4n) is 4.55. The van der Waals surface area contributed by atoms with Crippen LogP contribution in [0.25, 0.3) is 22.3 Å². The van der Waals surface area contributed by atoms with Crippen LogP contribution in [0.15, 0.2) is 54.9 Å². The lowest BCUT2D eigenvalue weighted by atomic mass is 10.0. The lowest BCUT2D eigenvalue weighted by molar-refractivity contribution is -0.385. The smallest absolute Gasteiger partial charge is 0.287 e. The van der Waals surface area contributed by atoms with Crippen LogP contribution in [-0.2, 0) is 0 Å². The number of rotatable bonds is 5. The Labute approximate surface area is 208 Å². The zero-order chi connectivity index (χ0) is 25.4. The molecule has 10 nitrogen and oxygen atoms in total. The first kappa shape index (κ1) is 23.4. The van der Waals surface area contributed by atoms with Crippen molar-refractivity contribution in [1.82, 2.24) is 24.6 Å². The molecule has 0 N–H and O–H groups in total. The summed E-state index contributed by atoms with van der Waals surface area (Å²) < 4.78 is 1.85. The average Bonchev–Trinajstić information content (AvgIpc) is 3.33. The number of hydrogen-bond acceptors (Lipinski definition) is 7. The summed E-state index contributed by atoms with van der Waals surface area (Å²) in [4.78, 5) is 37.2. The highest BCUT2D eigenvalue weighted by atomic mass is 16.6. The Morgan fingerprint density at radius 1 is 1.06 bits per heavy atom. The number of benzene rings is 1. The van der Waals surface area contributed by atoms with Crippen LogP contribution in [0.5, 0.6) is 0 Å². The van der Waals surface area contributed by atoms with Crippen LogP contribution in [0.2, 0.25) is 0 Å². The quantitative estimate of drug-likeness (QED) is 0.307. The molecule has 3 aromatic heterocycles. The summed E-state index contributed by atoms with van der Waals surface area (Å²) >= 11 is 0. The number of carbonyl (C=O) groups is 1. The first-order valence-corrected chi connectivity index (χ1v) is 11.9. The molecule has 1 aromatic carbocycles. The highest BCUT2D eigenvalue weighted by Crippen LogP contribution is 2.29. The average molecular weight is 486 g/mol. The molecule has 0 saturated carbocycles. The van der Waals surface area contributed by atoms with Crippen molar-refractivity contribution in [3.05, 3.63) is 76.1 Å². The Morgan fingerprint density at radius 2 is 1.81 bits per heavy atom. The second-order valence-corrected chi connectivity index (χ2v) is 9.20. The van der Waals surface area contributed by atoms with E-state index in [-0.39, 0.29) is 17.6 Å². The second kappa shape index (κ2) is 9.37. The van der Waals surface area contributed by atoms with E-state index in [1.807, 2.05) is 65.6 Å². The summed E-state index contributed by atoms with van der Waals surface area (Å²) in [6.45, 7) is 8.32. The second-order valence-electron chi connectivity index (χ2n) is 9.20. The predicted octanol–water partition coefficient (Wildman–Crippen LogP) is 4.25. The molecule has 4 heterocycles. The molecule has 0 bridgehead atoms. The molecule has 1 saturated heterocycles. The van der Waals surface area contributed by atoms with Gasteiger partial charge in [-0.25, -0.2) is 14.6 Å². The Hall–Kier alpha value is -4.34. The van der Waals surface area contributed by atoms with Crippen molar-refractivity contribution in [3.8, 4) is 11.3 Å². The standard InChI is InChI=1S/C26H27N7O3/c1-17(2)32-25-22(16-28-32)21(14-23(29-25)20-7-5-4-6-18(20)3)26(34)31-12-10-30(11-13-31)24-9-8-19(15-27-24)33(35)36/h4-9,14-17H,10-13H2,1-3H3. The van der Waals surface area contributed by atoms with Crippen molar-refractivity contribution in [3.63, 3.8) is 0 Å². The fourth-order valence-corrected chi connectivity index (χ4v) is 4.55. The molecule has 1 aliphatic heterocycles. The molecule has 184 valence electrons. The fraction of sp³-hybridized carbons (Fsp3) is 0.308. The van der Waals surface area contributed by atoms with Crippen molar-refractivity contribution >= 4 is 28.4 Å². The number of carbonyl (C=O) groups excluding carboxylic acids is 1. The zero-order valence-corrected chi connectivity index (χ0v) is 20.5. The minimum atomic E-state index is -0.463. The number of hydrogen-bond donors (Lipinski definition) is 0. The number of aryl methyl sites for hydroxylation is 1. The molecule has 1 amide bonds. The molecule has 10 heteroatoms. The summed E-state index contributed by atoms with van der Waals surface area (Å²) in [5.74, 6) is 0.607. The van der Waals surface area contributed by atoms with Crippen molar-refractivity contribution < 1.29 is 9.72 Å². The van der Waals surface area contributed by atoms with Crippen LogP contribution in [0, 0.1) is 17.0 Å². The van der Waals surface area contributed by atoms with Gasteiger partial charge in [-0.05, 0) is 38.5 Å². The van der Waals surface area contributed by atoms with E-state index in [0.29, 0.717) is 43.2 Å². The van der Waals surface area contributed by atoms with Crippen LogP contribution < -0.4 is 4.90 Å². The van der Waals surface area contributed by atoms with E-state index in [9.17, 15) is 14.9 Å². The molecule has 0 unspecified atom stereocenters. The van der Waals surface area contributed by atoms with Crippen LogP contribution in [0.3, 0.4) is 0 Å². The van der Waals surface area contributed by atoms with Crippen LogP contribution in [0.1, 0.15) is 35.8 Å². The van der Waals surface area contributed by atoms with Gasteiger partial charge in [0.05, 0.1) is 27.8 Å². The van der Waals surface area contributed by atoms with Gasteiger partial charge in [0.25, 0.3) is 11.6 Å². The third kappa shape index (κ3) is 4.26. The maximum atomic E-state index is 13.8. The van der Waals surface area contributed by atoms with Crippen molar-refractivity contribution in [2.75, 3.05) is 31.1 Å². The van der Waals surface area contributed by atoms with Gasteiger partial charge < -0.3 is 9.80 Å². The number of nitro groups is 1. The summed E-state index contributed by atoms with van der Waals surface area (Å²) in [5.41, 5.74) is 4.07. The summed E-state index contributed by atoms with van der Waals surface area (Å²) in [5, 5.41) is 16.2. The number of nitrogens with zero attached hydrogens (tertiary/aromatic N) is 7. The maximum Gasteiger partial charge on any atom is 0.287 e. The van der Waals surface area contributed by atoms with Crippen LogP contribution in [0.4, 0.5) is 11.5 Å².